The molecule has 0 aromatic heterocycles. The van der Waals surface area contributed by atoms with Gasteiger partial charge in [0, 0.05) is 19.8 Å². The van der Waals surface area contributed by atoms with Gasteiger partial charge in [-0.15, -0.1) is 0 Å². The minimum atomic E-state index is 0.917. The number of anilines is 1. The first-order chi connectivity index (χ1) is 11.2. The fraction of sp³-hybridized carbons (Fsp3) is 0.316. The number of nitrogens with zero attached hydrogens (tertiary/aromatic N) is 2. The van der Waals surface area contributed by atoms with E-state index in [1.54, 1.807) is 0 Å². The number of halogens is 1. The number of nitrogens with two attached hydrogens (primary N) is 1. The normalized spacial score (nSPS) is 10.8. The third-order valence-corrected chi connectivity index (χ3v) is 3.55. The van der Waals surface area contributed by atoms with Crippen LogP contribution in [0, 0.1) is 0 Å². The number of rotatable bonds is 5. The smallest absolute Gasteiger partial charge is 0.138 e. The zero-order chi connectivity index (χ0) is 17.2. The lowest BCUT2D eigenvalue weighted by Crippen LogP contribution is -2.73. The molecule has 0 unspecified atom stereocenters. The third kappa shape index (κ3) is 5.48. The number of benzene rings is 2. The molecule has 3 nitrogen and oxygen atoms in total. The van der Waals surface area contributed by atoms with Gasteiger partial charge in [-0.25, -0.2) is 0 Å². The van der Waals surface area contributed by atoms with Crippen LogP contribution in [0.1, 0.15) is 18.9 Å². The second-order valence-electron chi connectivity index (χ2n) is 5.20. The summed E-state index contributed by atoms with van der Waals surface area (Å²) in [6.45, 7) is 2.15. The summed E-state index contributed by atoms with van der Waals surface area (Å²) < 4.78 is 0. The number of hydrogen-bond acceptors (Lipinski definition) is 2. The van der Waals surface area contributed by atoms with Gasteiger partial charge in [0.2, 0.25) is 0 Å². The van der Waals surface area contributed by atoms with Crippen molar-refractivity contribution in [1.29, 1.82) is 0 Å². The summed E-state index contributed by atoms with van der Waals surface area (Å²) in [7, 11) is 6.16. The van der Waals surface area contributed by atoms with E-state index in [0.717, 1.165) is 17.8 Å². The van der Waals surface area contributed by atoms with E-state index in [4.69, 9.17) is 4.99 Å². The van der Waals surface area contributed by atoms with Gasteiger partial charge in [0.25, 0.3) is 0 Å². The molecule has 4 heteroatoms. The Bertz CT molecular complexity index is 619. The van der Waals surface area contributed by atoms with Gasteiger partial charge in [-0.3, -0.25) is 4.99 Å². The van der Waals surface area contributed by atoms with Crippen LogP contribution in [0.5, 0.6) is 0 Å². The second-order valence-corrected chi connectivity index (χ2v) is 5.20. The zero-order valence-corrected chi connectivity index (χ0v) is 16.3. The van der Waals surface area contributed by atoms with Crippen molar-refractivity contribution in [3.8, 4) is 0 Å². The van der Waals surface area contributed by atoms with Crippen LogP contribution < -0.4 is 10.2 Å². The predicted octanol–water partition coefficient (Wildman–Crippen LogP) is 4.12. The molecule has 2 aromatic carbocycles. The van der Waals surface area contributed by atoms with E-state index < -0.39 is 0 Å². The lowest BCUT2D eigenvalue weighted by molar-refractivity contribution is -0.539. The molecule has 0 fully saturated rings. The van der Waals surface area contributed by atoms with Crippen LogP contribution in [-0.2, 0) is 0 Å². The van der Waals surface area contributed by atoms with Gasteiger partial charge in [-0.05, 0) is 48.7 Å². The van der Waals surface area contributed by atoms with Crippen LogP contribution in [-0.4, -0.2) is 32.7 Å². The van der Waals surface area contributed by atoms with Gasteiger partial charge >= 0.3 is 0 Å². The molecule has 0 saturated carbocycles. The highest BCUT2D eigenvalue weighted by molar-refractivity contribution is 9.08. The van der Waals surface area contributed by atoms with E-state index in [2.05, 4.69) is 88.6 Å². The minimum absolute atomic E-state index is 0.917. The van der Waals surface area contributed by atoms with Crippen LogP contribution in [0.25, 0.3) is 0 Å². The van der Waals surface area contributed by atoms with Crippen molar-refractivity contribution in [2.45, 2.75) is 13.3 Å². The van der Waals surface area contributed by atoms with E-state index in [1.807, 2.05) is 19.9 Å². The third-order valence-electron chi connectivity index (χ3n) is 3.55. The number of alkyl halides is 1. The second kappa shape index (κ2) is 10.2. The quantitative estimate of drug-likeness (QED) is 0.475. The molecule has 0 heterocycles. The molecular formula is C19H27BrN3+. The van der Waals surface area contributed by atoms with Crippen molar-refractivity contribution in [2.24, 2.45) is 4.99 Å². The molecule has 0 aliphatic rings. The summed E-state index contributed by atoms with van der Waals surface area (Å²) >= 11 is 2.94. The van der Waals surface area contributed by atoms with Crippen molar-refractivity contribution in [3.05, 3.63) is 54.1 Å². The monoisotopic (exact) mass is 376 g/mol. The van der Waals surface area contributed by atoms with E-state index in [0.29, 0.717) is 0 Å². The first kappa shape index (κ1) is 19.4. The van der Waals surface area contributed by atoms with E-state index in [-0.39, 0.29) is 0 Å². The maximum Gasteiger partial charge on any atom is 0.138 e. The molecule has 0 saturated heterocycles. The van der Waals surface area contributed by atoms with E-state index in [9.17, 15) is 0 Å². The highest BCUT2D eigenvalue weighted by Gasteiger charge is 2.09. The molecule has 2 aromatic rings. The molecule has 0 radical (unpaired) electrons. The van der Waals surface area contributed by atoms with Crippen LogP contribution in [0.2, 0.25) is 0 Å². The summed E-state index contributed by atoms with van der Waals surface area (Å²) in [6, 6.07) is 16.8. The van der Waals surface area contributed by atoms with Gasteiger partial charge in [-0.2, -0.15) is 0 Å². The molecule has 23 heavy (non-hydrogen) atoms. The summed E-state index contributed by atoms with van der Waals surface area (Å²) in [5.41, 5.74) is 5.78. The zero-order valence-electron chi connectivity index (χ0n) is 14.7. The largest absolute Gasteiger partial charge is 0.378 e. The highest BCUT2D eigenvalue weighted by atomic mass is 79.9. The van der Waals surface area contributed by atoms with Crippen molar-refractivity contribution < 1.29 is 5.32 Å². The molecule has 0 aliphatic carbocycles. The Morgan fingerprint density at radius 1 is 1.04 bits per heavy atom. The highest BCUT2D eigenvalue weighted by Crippen LogP contribution is 2.21. The molecule has 0 bridgehead atoms. The Morgan fingerprint density at radius 2 is 1.65 bits per heavy atom. The van der Waals surface area contributed by atoms with Gasteiger partial charge < -0.3 is 10.2 Å². The lowest BCUT2D eigenvalue weighted by atomic mass is 10.1. The molecular weight excluding hydrogens is 350 g/mol. The Morgan fingerprint density at radius 3 is 2.17 bits per heavy atom. The summed E-state index contributed by atoms with van der Waals surface area (Å²) in [4.78, 5) is 6.93. The number of quaternary nitrogens is 1. The fourth-order valence-electron chi connectivity index (χ4n) is 2.32. The van der Waals surface area contributed by atoms with Gasteiger partial charge in [0.1, 0.15) is 5.69 Å². The topological polar surface area (TPSA) is 32.2 Å². The summed E-state index contributed by atoms with van der Waals surface area (Å²) in [5.74, 6) is 1.81. The Balaban J connectivity index is 0.00000127. The molecule has 0 atom stereocenters. The Hall–Kier alpha value is -1.65. The minimum Gasteiger partial charge on any atom is -0.378 e. The molecule has 2 N–H and O–H groups in total. The van der Waals surface area contributed by atoms with Crippen molar-refractivity contribution in [1.82, 2.24) is 0 Å². The van der Waals surface area contributed by atoms with Crippen molar-refractivity contribution in [2.75, 3.05) is 31.9 Å². The first-order valence-electron chi connectivity index (χ1n) is 7.77. The number of hydrogen-bond donors (Lipinski definition) is 1. The van der Waals surface area contributed by atoms with Gasteiger partial charge in [-0.1, -0.05) is 35.0 Å². The summed E-state index contributed by atoms with van der Waals surface area (Å²) in [6.07, 6.45) is 0.917. The van der Waals surface area contributed by atoms with Gasteiger partial charge in [0.15, 0.2) is 0 Å². The molecule has 0 amide bonds. The molecule has 2 rings (SSSR count). The molecule has 0 aliphatic heterocycles. The van der Waals surface area contributed by atoms with Crippen LogP contribution in [0.3, 0.4) is 0 Å². The average molecular weight is 377 g/mol. The summed E-state index contributed by atoms with van der Waals surface area (Å²) in [5, 5.41) is 2.13. The van der Waals surface area contributed by atoms with Crippen LogP contribution in [0.15, 0.2) is 53.5 Å². The number of aliphatic imine (C=N–C) groups is 1. The molecule has 0 spiro atoms. The van der Waals surface area contributed by atoms with E-state index >= 15 is 0 Å². The Kier molecular flexibility index (Phi) is 8.59. The van der Waals surface area contributed by atoms with Crippen LogP contribution >= 0.6 is 15.9 Å². The lowest BCUT2D eigenvalue weighted by Gasteiger charge is -2.12. The predicted molar refractivity (Wildman–Crippen MR) is 106 cm³/mol. The Labute approximate surface area is 148 Å². The van der Waals surface area contributed by atoms with E-state index in [1.165, 1.54) is 16.9 Å². The SMILES string of the molecule is CBr.CCC(=Nc1ccc(N(C)C)cc1)c1ccccc1[NH2+]C. The average Bonchev–Trinajstić information content (AvgIpc) is 2.61. The first-order valence-corrected chi connectivity index (χ1v) is 9.35. The fourth-order valence-corrected chi connectivity index (χ4v) is 2.32. The molecule has 124 valence electrons. The maximum absolute atomic E-state index is 4.83. The maximum atomic E-state index is 4.83. The van der Waals surface area contributed by atoms with Crippen molar-refractivity contribution >= 4 is 38.7 Å². The standard InChI is InChI=1S/C18H23N3.CH3Br/c1-5-17(16-8-6-7-9-18(16)19-2)20-14-10-12-15(13-11-14)21(3)4;1-2/h6-13,19H,5H2,1-4H3;1H3/p+1. The number of para-hydroxylation sites is 1. The van der Waals surface area contributed by atoms with Crippen molar-refractivity contribution in [3.63, 3.8) is 0 Å². The van der Waals surface area contributed by atoms with Gasteiger partial charge in [0.05, 0.1) is 24.0 Å². The van der Waals surface area contributed by atoms with Crippen LogP contribution in [0.4, 0.5) is 17.1 Å².